The number of likely N-dealkylation sites (tertiary alicyclic amines) is 1. The number of hydrogen-bond acceptors (Lipinski definition) is 5. The summed E-state index contributed by atoms with van der Waals surface area (Å²) in [5.41, 5.74) is -2.02. The van der Waals surface area contributed by atoms with Crippen LogP contribution in [0, 0.1) is 0 Å². The van der Waals surface area contributed by atoms with Crippen molar-refractivity contribution in [3.05, 3.63) is 0 Å². The number of carboxylic acids is 1. The average molecular weight is 316 g/mol. The van der Waals surface area contributed by atoms with Gasteiger partial charge in [0.05, 0.1) is 6.61 Å². The first kappa shape index (κ1) is 18.1. The second-order valence-corrected chi connectivity index (χ2v) is 6.20. The molecule has 2 amide bonds. The number of carbonyl (C=O) groups is 3. The Hall–Kier alpha value is -1.99. The number of rotatable bonds is 3. The highest BCUT2D eigenvalue weighted by atomic mass is 16.6. The van der Waals surface area contributed by atoms with Gasteiger partial charge in [0, 0.05) is 13.1 Å². The molecular formula is C14H24N2O6. The van der Waals surface area contributed by atoms with Crippen LogP contribution in [0.1, 0.15) is 40.5 Å². The number of piperidine rings is 1. The van der Waals surface area contributed by atoms with E-state index < -0.39 is 29.3 Å². The van der Waals surface area contributed by atoms with Gasteiger partial charge in [-0.05, 0) is 40.5 Å². The minimum atomic E-state index is -1.41. The Morgan fingerprint density at radius 3 is 2.18 bits per heavy atom. The number of nitrogens with one attached hydrogen (secondary N) is 1. The number of nitrogens with zero attached hydrogens (tertiary/aromatic N) is 1. The van der Waals surface area contributed by atoms with E-state index in [0.717, 1.165) is 0 Å². The van der Waals surface area contributed by atoms with Gasteiger partial charge in [-0.3, -0.25) is 0 Å². The number of carboxylic acid groups (broad SMARTS) is 1. The number of hydrogen-bond donors (Lipinski definition) is 2. The van der Waals surface area contributed by atoms with Crippen LogP contribution in [0.2, 0.25) is 0 Å². The van der Waals surface area contributed by atoms with Crippen LogP contribution >= 0.6 is 0 Å². The summed E-state index contributed by atoms with van der Waals surface area (Å²) >= 11 is 0. The lowest BCUT2D eigenvalue weighted by molar-refractivity contribution is -0.146. The summed E-state index contributed by atoms with van der Waals surface area (Å²) in [6.45, 7) is 7.46. The van der Waals surface area contributed by atoms with Crippen LogP contribution in [0.15, 0.2) is 0 Å². The fraction of sp³-hybridized carbons (Fsp3) is 0.786. The molecule has 0 atom stereocenters. The Labute approximate surface area is 129 Å². The van der Waals surface area contributed by atoms with Gasteiger partial charge in [0.1, 0.15) is 11.1 Å². The number of aliphatic carboxylic acids is 1. The van der Waals surface area contributed by atoms with E-state index in [1.165, 1.54) is 4.90 Å². The number of carbonyl (C=O) groups excluding carboxylic acids is 2. The van der Waals surface area contributed by atoms with Gasteiger partial charge < -0.3 is 24.8 Å². The normalized spacial score (nSPS) is 17.5. The first-order valence-electron chi connectivity index (χ1n) is 7.26. The van der Waals surface area contributed by atoms with E-state index in [0.29, 0.717) is 0 Å². The van der Waals surface area contributed by atoms with E-state index in [2.05, 4.69) is 5.32 Å². The summed E-state index contributed by atoms with van der Waals surface area (Å²) in [5.74, 6) is -1.13. The molecule has 0 aromatic rings. The summed E-state index contributed by atoms with van der Waals surface area (Å²) in [6, 6.07) is 0. The molecule has 22 heavy (non-hydrogen) atoms. The molecular weight excluding hydrogens is 292 g/mol. The first-order valence-corrected chi connectivity index (χ1v) is 7.26. The third-order valence-electron chi connectivity index (χ3n) is 3.29. The van der Waals surface area contributed by atoms with Crippen molar-refractivity contribution in [2.45, 2.75) is 51.7 Å². The molecule has 0 unspecified atom stereocenters. The Kier molecular flexibility index (Phi) is 5.62. The second-order valence-electron chi connectivity index (χ2n) is 6.20. The highest BCUT2D eigenvalue weighted by molar-refractivity contribution is 5.84. The van der Waals surface area contributed by atoms with Crippen LogP contribution in [0.25, 0.3) is 0 Å². The van der Waals surface area contributed by atoms with Crippen LogP contribution in [-0.2, 0) is 14.3 Å². The molecule has 0 aromatic carbocycles. The first-order chi connectivity index (χ1) is 10.1. The van der Waals surface area contributed by atoms with Gasteiger partial charge in [0.2, 0.25) is 0 Å². The zero-order valence-corrected chi connectivity index (χ0v) is 13.5. The predicted octanol–water partition coefficient (Wildman–Crippen LogP) is 1.59. The van der Waals surface area contributed by atoms with Gasteiger partial charge >= 0.3 is 18.2 Å². The van der Waals surface area contributed by atoms with Crippen LogP contribution in [0.5, 0.6) is 0 Å². The molecule has 2 N–H and O–H groups in total. The lowest BCUT2D eigenvalue weighted by atomic mass is 9.88. The van der Waals surface area contributed by atoms with Crippen LogP contribution in [-0.4, -0.2) is 59.0 Å². The molecule has 126 valence electrons. The van der Waals surface area contributed by atoms with Crippen molar-refractivity contribution in [1.82, 2.24) is 10.2 Å². The molecule has 1 rings (SSSR count). The maximum absolute atomic E-state index is 12.0. The van der Waals surface area contributed by atoms with Gasteiger partial charge in [-0.25, -0.2) is 14.4 Å². The Balaban J connectivity index is 2.68. The maximum atomic E-state index is 12.0. The van der Waals surface area contributed by atoms with E-state index in [1.54, 1.807) is 27.7 Å². The third-order valence-corrected chi connectivity index (χ3v) is 3.29. The van der Waals surface area contributed by atoms with E-state index in [4.69, 9.17) is 9.47 Å². The Morgan fingerprint density at radius 1 is 1.23 bits per heavy atom. The number of alkyl carbamates (subject to hydrolysis) is 1. The van der Waals surface area contributed by atoms with Crippen LogP contribution < -0.4 is 5.32 Å². The highest BCUT2D eigenvalue weighted by Crippen LogP contribution is 2.24. The van der Waals surface area contributed by atoms with Crippen molar-refractivity contribution >= 4 is 18.2 Å². The molecule has 0 radical (unpaired) electrons. The van der Waals surface area contributed by atoms with Gasteiger partial charge in [0.15, 0.2) is 0 Å². The molecule has 0 aliphatic carbocycles. The summed E-state index contributed by atoms with van der Waals surface area (Å²) in [7, 11) is 0. The zero-order valence-electron chi connectivity index (χ0n) is 13.5. The molecule has 1 fully saturated rings. The van der Waals surface area contributed by atoms with Gasteiger partial charge in [0.25, 0.3) is 0 Å². The molecule has 8 heteroatoms. The fourth-order valence-electron chi connectivity index (χ4n) is 2.15. The summed E-state index contributed by atoms with van der Waals surface area (Å²) in [6.07, 6.45) is -1.06. The SMILES string of the molecule is CCOC(=O)NC1(C(=O)O)CCN(C(=O)OC(C)(C)C)CC1. The molecule has 0 aromatic heterocycles. The summed E-state index contributed by atoms with van der Waals surface area (Å²) < 4.78 is 9.99. The number of amides is 2. The third kappa shape index (κ3) is 4.78. The number of ether oxygens (including phenoxy) is 2. The van der Waals surface area contributed by atoms with Gasteiger partial charge in [-0.15, -0.1) is 0 Å². The minimum Gasteiger partial charge on any atom is -0.480 e. The van der Waals surface area contributed by atoms with Gasteiger partial charge in [-0.2, -0.15) is 0 Å². The highest BCUT2D eigenvalue weighted by Gasteiger charge is 2.44. The Morgan fingerprint density at radius 2 is 1.77 bits per heavy atom. The lowest BCUT2D eigenvalue weighted by Gasteiger charge is -2.39. The Bertz CT molecular complexity index is 435. The molecule has 0 bridgehead atoms. The molecule has 0 saturated carbocycles. The largest absolute Gasteiger partial charge is 0.480 e. The lowest BCUT2D eigenvalue weighted by Crippen LogP contribution is -2.61. The van der Waals surface area contributed by atoms with E-state index in [-0.39, 0.29) is 32.5 Å². The van der Waals surface area contributed by atoms with E-state index in [1.807, 2.05) is 0 Å². The fourth-order valence-corrected chi connectivity index (χ4v) is 2.15. The quantitative estimate of drug-likeness (QED) is 0.819. The molecule has 8 nitrogen and oxygen atoms in total. The smallest absolute Gasteiger partial charge is 0.410 e. The van der Waals surface area contributed by atoms with Crippen molar-refractivity contribution in [2.75, 3.05) is 19.7 Å². The van der Waals surface area contributed by atoms with Crippen LogP contribution in [0.3, 0.4) is 0 Å². The predicted molar refractivity (Wildman–Crippen MR) is 77.6 cm³/mol. The van der Waals surface area contributed by atoms with Crippen molar-refractivity contribution in [1.29, 1.82) is 0 Å². The molecule has 1 heterocycles. The van der Waals surface area contributed by atoms with Crippen molar-refractivity contribution in [3.8, 4) is 0 Å². The average Bonchev–Trinajstić information content (AvgIpc) is 2.37. The zero-order chi connectivity index (χ0) is 17.0. The summed E-state index contributed by atoms with van der Waals surface area (Å²) in [5, 5.41) is 11.8. The van der Waals surface area contributed by atoms with Crippen molar-refractivity contribution in [3.63, 3.8) is 0 Å². The molecule has 1 aliphatic heterocycles. The van der Waals surface area contributed by atoms with Gasteiger partial charge in [-0.1, -0.05) is 0 Å². The monoisotopic (exact) mass is 316 g/mol. The molecule has 0 spiro atoms. The van der Waals surface area contributed by atoms with Crippen LogP contribution in [0.4, 0.5) is 9.59 Å². The summed E-state index contributed by atoms with van der Waals surface area (Å²) in [4.78, 5) is 36.4. The molecule has 1 aliphatic rings. The van der Waals surface area contributed by atoms with Crippen molar-refractivity contribution in [2.24, 2.45) is 0 Å². The standard InChI is InChI=1S/C14H24N2O6/c1-5-21-11(19)15-14(10(17)18)6-8-16(9-7-14)12(20)22-13(2,3)4/h5-9H2,1-4H3,(H,15,19)(H,17,18). The topological polar surface area (TPSA) is 105 Å². The minimum absolute atomic E-state index is 0.0976. The van der Waals surface area contributed by atoms with Crippen molar-refractivity contribution < 1.29 is 29.0 Å². The second kappa shape index (κ2) is 6.85. The van der Waals surface area contributed by atoms with E-state index in [9.17, 15) is 19.5 Å². The van der Waals surface area contributed by atoms with E-state index >= 15 is 0 Å². The molecule has 1 saturated heterocycles. The maximum Gasteiger partial charge on any atom is 0.410 e.